The molecule has 37 heavy (non-hydrogen) atoms. The Labute approximate surface area is 214 Å². The zero-order valence-corrected chi connectivity index (χ0v) is 20.4. The first-order valence-corrected chi connectivity index (χ1v) is 12.6. The molecule has 0 aliphatic carbocycles. The lowest BCUT2D eigenvalue weighted by atomic mass is 9.72. The average molecular weight is 495 g/mol. The van der Waals surface area contributed by atoms with Gasteiger partial charge in [0.15, 0.2) is 0 Å². The second-order valence-corrected chi connectivity index (χ2v) is 9.66. The predicted octanol–water partition coefficient (Wildman–Crippen LogP) is 3.53. The number of pyridine rings is 1. The second kappa shape index (κ2) is 8.96. The van der Waals surface area contributed by atoms with E-state index in [1.807, 2.05) is 30.0 Å². The Balaban J connectivity index is 1.49. The fraction of sp³-hybridized carbons (Fsp3) is 0.276. The van der Waals surface area contributed by atoms with Gasteiger partial charge in [-0.25, -0.2) is 4.90 Å². The summed E-state index contributed by atoms with van der Waals surface area (Å²) >= 11 is 0. The molecule has 2 aromatic carbocycles. The number of hydrogen-bond donors (Lipinski definition) is 0. The first kappa shape index (κ1) is 23.1. The van der Waals surface area contributed by atoms with E-state index in [9.17, 15) is 19.2 Å². The van der Waals surface area contributed by atoms with Crippen LogP contribution in [0.1, 0.15) is 31.4 Å². The van der Waals surface area contributed by atoms with Crippen molar-refractivity contribution in [1.82, 2.24) is 4.98 Å². The minimum atomic E-state index is -0.834. The summed E-state index contributed by atoms with van der Waals surface area (Å²) in [7, 11) is 0. The van der Waals surface area contributed by atoms with E-state index in [0.29, 0.717) is 23.6 Å². The SMILES string of the molecule is CCCN1c2cccnc2[C@H](C2CC(=O)N(c3ccccc3)C2=O)[C@H]2C(=O)N(c3ccccc3)C(=O)[C@H]21. The number of rotatable bonds is 5. The number of hydrogen-bond acceptors (Lipinski definition) is 6. The van der Waals surface area contributed by atoms with Crippen molar-refractivity contribution in [3.05, 3.63) is 84.7 Å². The quantitative estimate of drug-likeness (QED) is 0.504. The molecule has 4 heterocycles. The summed E-state index contributed by atoms with van der Waals surface area (Å²) in [6.07, 6.45) is 2.36. The first-order chi connectivity index (χ1) is 18.0. The van der Waals surface area contributed by atoms with E-state index in [-0.39, 0.29) is 30.0 Å². The molecule has 0 N–H and O–H groups in total. The molecule has 8 heteroatoms. The maximum absolute atomic E-state index is 14.1. The molecule has 4 atom stereocenters. The van der Waals surface area contributed by atoms with Crippen LogP contribution < -0.4 is 14.7 Å². The molecule has 3 aliphatic rings. The summed E-state index contributed by atoms with van der Waals surface area (Å²) in [5, 5.41) is 0. The summed E-state index contributed by atoms with van der Waals surface area (Å²) in [6.45, 7) is 2.58. The minimum absolute atomic E-state index is 0.0434. The van der Waals surface area contributed by atoms with E-state index in [1.165, 1.54) is 9.80 Å². The van der Waals surface area contributed by atoms with Crippen LogP contribution in [-0.4, -0.2) is 41.2 Å². The van der Waals surface area contributed by atoms with Gasteiger partial charge in [0.05, 0.1) is 34.6 Å². The van der Waals surface area contributed by atoms with E-state index in [1.54, 1.807) is 60.8 Å². The van der Waals surface area contributed by atoms with Crippen LogP contribution >= 0.6 is 0 Å². The van der Waals surface area contributed by atoms with Crippen molar-refractivity contribution in [3.8, 4) is 0 Å². The van der Waals surface area contributed by atoms with Gasteiger partial charge in [0.1, 0.15) is 6.04 Å². The molecule has 6 rings (SSSR count). The van der Waals surface area contributed by atoms with Gasteiger partial charge < -0.3 is 4.90 Å². The van der Waals surface area contributed by atoms with Gasteiger partial charge in [-0.2, -0.15) is 0 Å². The molecule has 0 saturated carbocycles. The predicted molar refractivity (Wildman–Crippen MR) is 138 cm³/mol. The normalized spacial score (nSPS) is 25.1. The van der Waals surface area contributed by atoms with Gasteiger partial charge in [-0.15, -0.1) is 0 Å². The molecule has 2 fully saturated rings. The van der Waals surface area contributed by atoms with Gasteiger partial charge >= 0.3 is 0 Å². The van der Waals surface area contributed by atoms with Crippen molar-refractivity contribution in [2.75, 3.05) is 21.2 Å². The molecular formula is C29H26N4O4. The summed E-state index contributed by atoms with van der Waals surface area (Å²) in [5.41, 5.74) is 2.33. The highest BCUT2D eigenvalue weighted by molar-refractivity contribution is 6.26. The maximum Gasteiger partial charge on any atom is 0.257 e. The number of imide groups is 2. The van der Waals surface area contributed by atoms with Gasteiger partial charge in [-0.05, 0) is 42.8 Å². The van der Waals surface area contributed by atoms with Crippen LogP contribution in [0, 0.1) is 11.8 Å². The molecular weight excluding hydrogens is 468 g/mol. The van der Waals surface area contributed by atoms with E-state index in [0.717, 1.165) is 12.1 Å². The van der Waals surface area contributed by atoms with Crippen molar-refractivity contribution < 1.29 is 19.2 Å². The van der Waals surface area contributed by atoms with Crippen molar-refractivity contribution in [1.29, 1.82) is 0 Å². The number of benzene rings is 2. The van der Waals surface area contributed by atoms with Crippen molar-refractivity contribution >= 4 is 40.7 Å². The lowest BCUT2D eigenvalue weighted by molar-refractivity contribution is -0.124. The summed E-state index contributed by atoms with van der Waals surface area (Å²) in [4.78, 5) is 64.0. The summed E-state index contributed by atoms with van der Waals surface area (Å²) < 4.78 is 0. The van der Waals surface area contributed by atoms with Crippen LogP contribution in [0.15, 0.2) is 79.0 Å². The van der Waals surface area contributed by atoms with Crippen molar-refractivity contribution in [2.45, 2.75) is 31.7 Å². The first-order valence-electron chi connectivity index (χ1n) is 12.6. The van der Waals surface area contributed by atoms with Crippen LogP contribution in [0.3, 0.4) is 0 Å². The second-order valence-electron chi connectivity index (χ2n) is 9.66. The molecule has 8 nitrogen and oxygen atoms in total. The number of anilines is 3. The number of fused-ring (bicyclic) bond motifs is 2. The highest BCUT2D eigenvalue weighted by atomic mass is 16.2. The topological polar surface area (TPSA) is 90.9 Å². The third-order valence-electron chi connectivity index (χ3n) is 7.59. The molecule has 0 bridgehead atoms. The number of aromatic nitrogens is 1. The molecule has 3 aliphatic heterocycles. The van der Waals surface area contributed by atoms with Crippen LogP contribution in [0.2, 0.25) is 0 Å². The van der Waals surface area contributed by atoms with Crippen LogP contribution in [0.5, 0.6) is 0 Å². The van der Waals surface area contributed by atoms with Crippen molar-refractivity contribution in [3.63, 3.8) is 0 Å². The number of carbonyl (C=O) groups is 4. The van der Waals surface area contributed by atoms with Gasteiger partial charge in [0.25, 0.3) is 5.91 Å². The minimum Gasteiger partial charge on any atom is -0.357 e. The number of amides is 4. The van der Waals surface area contributed by atoms with Crippen LogP contribution in [0.4, 0.5) is 17.1 Å². The maximum atomic E-state index is 14.1. The molecule has 2 saturated heterocycles. The van der Waals surface area contributed by atoms with E-state index in [4.69, 9.17) is 0 Å². The van der Waals surface area contributed by atoms with Gasteiger partial charge in [-0.3, -0.25) is 29.1 Å². The van der Waals surface area contributed by atoms with Gasteiger partial charge in [0.2, 0.25) is 17.7 Å². The molecule has 3 aromatic rings. The zero-order valence-electron chi connectivity index (χ0n) is 20.4. The van der Waals surface area contributed by atoms with E-state index >= 15 is 0 Å². The third kappa shape index (κ3) is 3.47. The number of carbonyl (C=O) groups excluding carboxylic acids is 4. The summed E-state index contributed by atoms with van der Waals surface area (Å²) in [6, 6.07) is 20.6. The molecule has 0 radical (unpaired) electrons. The fourth-order valence-corrected chi connectivity index (χ4v) is 6.14. The van der Waals surface area contributed by atoms with Gasteiger partial charge in [-0.1, -0.05) is 43.3 Å². The Morgan fingerprint density at radius 3 is 2.05 bits per heavy atom. The zero-order chi connectivity index (χ0) is 25.7. The molecule has 186 valence electrons. The average Bonchev–Trinajstić information content (AvgIpc) is 3.36. The van der Waals surface area contributed by atoms with Gasteiger partial charge in [0, 0.05) is 25.1 Å². The Kier molecular flexibility index (Phi) is 5.59. The smallest absolute Gasteiger partial charge is 0.257 e. The van der Waals surface area contributed by atoms with Crippen LogP contribution in [0.25, 0.3) is 0 Å². The van der Waals surface area contributed by atoms with Crippen LogP contribution in [-0.2, 0) is 19.2 Å². The fourth-order valence-electron chi connectivity index (χ4n) is 6.14. The molecule has 0 spiro atoms. The Bertz CT molecular complexity index is 1390. The van der Waals surface area contributed by atoms with E-state index < -0.39 is 23.8 Å². The highest BCUT2D eigenvalue weighted by Crippen LogP contribution is 2.51. The highest BCUT2D eigenvalue weighted by Gasteiger charge is 2.61. The summed E-state index contributed by atoms with van der Waals surface area (Å²) in [5.74, 6) is -3.69. The standard InChI is InChI=1S/C29H26N4O4/c1-2-16-31-21-14-9-15-30-25(21)23(20-17-22(34)32(27(20)35)18-10-5-3-6-11-18)24-26(31)29(37)33(28(24)36)19-12-7-4-8-13-19/h3-15,20,23-24,26H,2,16-17H2,1H3/t20?,23-,24-,26+/m1/s1. The lowest BCUT2D eigenvalue weighted by Crippen LogP contribution is -2.52. The third-order valence-corrected chi connectivity index (χ3v) is 7.59. The Morgan fingerprint density at radius 1 is 0.757 bits per heavy atom. The lowest BCUT2D eigenvalue weighted by Gasteiger charge is -2.42. The van der Waals surface area contributed by atoms with E-state index in [2.05, 4.69) is 4.98 Å². The monoisotopic (exact) mass is 494 g/mol. The number of para-hydroxylation sites is 2. The largest absolute Gasteiger partial charge is 0.357 e. The number of nitrogens with zero attached hydrogens (tertiary/aromatic N) is 4. The molecule has 1 aromatic heterocycles. The molecule has 1 unspecified atom stereocenters. The molecule has 4 amide bonds. The Morgan fingerprint density at radius 2 is 1.41 bits per heavy atom. The van der Waals surface area contributed by atoms with Crippen molar-refractivity contribution in [2.24, 2.45) is 11.8 Å². The Hall–Kier alpha value is -4.33.